The molecule has 9 nitrogen and oxygen atoms in total. The fourth-order valence-electron chi connectivity index (χ4n) is 4.04. The van der Waals surface area contributed by atoms with Gasteiger partial charge in [-0.15, -0.1) is 0 Å². The number of imidazole rings is 1. The van der Waals surface area contributed by atoms with Crippen LogP contribution in [0.15, 0.2) is 53.2 Å². The number of fused-ring (bicyclic) bond motifs is 1. The predicted octanol–water partition coefficient (Wildman–Crippen LogP) is 3.30. The molecule has 1 fully saturated rings. The fraction of sp³-hybridized carbons (Fsp3) is 0.273. The van der Waals surface area contributed by atoms with Gasteiger partial charge in [0.2, 0.25) is 5.91 Å². The van der Waals surface area contributed by atoms with E-state index < -0.39 is 0 Å². The lowest BCUT2D eigenvalue weighted by molar-refractivity contribution is -0.116. The van der Waals surface area contributed by atoms with Crippen molar-refractivity contribution in [2.75, 3.05) is 29.0 Å². The Hall–Kier alpha value is -3.88. The summed E-state index contributed by atoms with van der Waals surface area (Å²) < 4.78 is 6.51. The molecule has 3 heterocycles. The Labute approximate surface area is 178 Å². The minimum Gasteiger partial charge on any atom is -0.379 e. The summed E-state index contributed by atoms with van der Waals surface area (Å²) in [6, 6.07) is 15.5. The van der Waals surface area contributed by atoms with E-state index in [1.54, 1.807) is 4.57 Å². The van der Waals surface area contributed by atoms with Crippen molar-refractivity contribution < 1.29 is 9.42 Å². The van der Waals surface area contributed by atoms with E-state index in [4.69, 9.17) is 10.4 Å². The van der Waals surface area contributed by atoms with Crippen LogP contribution in [0.1, 0.15) is 19.3 Å². The van der Waals surface area contributed by atoms with Gasteiger partial charge in [0.15, 0.2) is 17.3 Å². The summed E-state index contributed by atoms with van der Waals surface area (Å²) in [5.74, 6) is 0.401. The van der Waals surface area contributed by atoms with E-state index in [1.807, 2.05) is 42.5 Å². The summed E-state index contributed by atoms with van der Waals surface area (Å²) in [6.07, 6.45) is 3.68. The van der Waals surface area contributed by atoms with Gasteiger partial charge in [0, 0.05) is 24.5 Å². The third-order valence-electron chi connectivity index (χ3n) is 5.53. The van der Waals surface area contributed by atoms with Crippen molar-refractivity contribution in [3.05, 3.63) is 48.5 Å². The first-order valence-corrected chi connectivity index (χ1v) is 10.4. The number of benzene rings is 2. The van der Waals surface area contributed by atoms with E-state index in [0.717, 1.165) is 35.5 Å². The van der Waals surface area contributed by atoms with Crippen LogP contribution in [0.3, 0.4) is 0 Å². The molecule has 1 saturated heterocycles. The van der Waals surface area contributed by atoms with E-state index in [1.165, 1.54) is 19.3 Å². The fourth-order valence-corrected chi connectivity index (χ4v) is 4.04. The molecule has 4 aromatic rings. The lowest BCUT2D eigenvalue weighted by atomic mass is 10.1. The van der Waals surface area contributed by atoms with Gasteiger partial charge in [0.25, 0.3) is 0 Å². The van der Waals surface area contributed by atoms with E-state index in [9.17, 15) is 4.79 Å². The SMILES string of the molecule is Nc1nonc1-c1nc2ccccc2n1CC(=O)Nc1cccc(N2CCCCC2)c1. The minimum atomic E-state index is -0.171. The molecule has 9 heteroatoms. The third-order valence-corrected chi connectivity index (χ3v) is 5.53. The number of carbonyl (C=O) groups excluding carboxylic acids is 1. The summed E-state index contributed by atoms with van der Waals surface area (Å²) in [5, 5.41) is 10.5. The zero-order valence-corrected chi connectivity index (χ0v) is 17.0. The molecule has 0 bridgehead atoms. The van der Waals surface area contributed by atoms with Gasteiger partial charge in [-0.05, 0) is 59.9 Å². The molecule has 1 amide bonds. The van der Waals surface area contributed by atoms with Crippen LogP contribution in [0, 0.1) is 0 Å². The first-order chi connectivity index (χ1) is 15.2. The largest absolute Gasteiger partial charge is 0.379 e. The summed E-state index contributed by atoms with van der Waals surface area (Å²) in [6.45, 7) is 2.15. The van der Waals surface area contributed by atoms with Gasteiger partial charge < -0.3 is 20.5 Å². The van der Waals surface area contributed by atoms with Crippen LogP contribution >= 0.6 is 0 Å². The van der Waals surface area contributed by atoms with Crippen molar-refractivity contribution >= 4 is 34.1 Å². The van der Waals surface area contributed by atoms with Crippen molar-refractivity contribution in [3.8, 4) is 11.5 Å². The second kappa shape index (κ2) is 8.10. The molecule has 0 atom stereocenters. The molecule has 3 N–H and O–H groups in total. The highest BCUT2D eigenvalue weighted by Crippen LogP contribution is 2.27. The third kappa shape index (κ3) is 3.81. The number of rotatable bonds is 5. The molecule has 1 aliphatic heterocycles. The number of nitrogens with one attached hydrogen (secondary N) is 1. The number of para-hydroxylation sites is 2. The molecule has 0 spiro atoms. The Balaban J connectivity index is 1.40. The van der Waals surface area contributed by atoms with Gasteiger partial charge in [-0.2, -0.15) is 0 Å². The van der Waals surface area contributed by atoms with Crippen LogP contribution in [0.25, 0.3) is 22.6 Å². The van der Waals surface area contributed by atoms with Gasteiger partial charge in [-0.3, -0.25) is 4.79 Å². The number of nitrogens with zero attached hydrogens (tertiary/aromatic N) is 5. The first kappa shape index (κ1) is 19.1. The quantitative estimate of drug-likeness (QED) is 0.512. The van der Waals surface area contributed by atoms with E-state index >= 15 is 0 Å². The molecule has 0 saturated carbocycles. The number of nitrogen functional groups attached to an aromatic ring is 1. The zero-order valence-electron chi connectivity index (χ0n) is 17.0. The van der Waals surface area contributed by atoms with Gasteiger partial charge in [0.1, 0.15) is 6.54 Å². The number of hydrogen-bond donors (Lipinski definition) is 2. The molecule has 158 valence electrons. The van der Waals surface area contributed by atoms with E-state index in [2.05, 4.69) is 31.6 Å². The maximum atomic E-state index is 13.0. The average molecular weight is 417 g/mol. The maximum Gasteiger partial charge on any atom is 0.244 e. The van der Waals surface area contributed by atoms with E-state index in [0.29, 0.717) is 11.5 Å². The average Bonchev–Trinajstić information content (AvgIpc) is 3.38. The highest BCUT2D eigenvalue weighted by Gasteiger charge is 2.21. The smallest absolute Gasteiger partial charge is 0.244 e. The summed E-state index contributed by atoms with van der Waals surface area (Å²) >= 11 is 0. The van der Waals surface area contributed by atoms with Crippen molar-refractivity contribution in [1.29, 1.82) is 0 Å². The molecule has 2 aromatic heterocycles. The predicted molar refractivity (Wildman–Crippen MR) is 119 cm³/mol. The van der Waals surface area contributed by atoms with Crippen LogP contribution in [-0.4, -0.2) is 38.9 Å². The van der Waals surface area contributed by atoms with Crippen molar-refractivity contribution in [2.45, 2.75) is 25.8 Å². The molecule has 0 aliphatic carbocycles. The van der Waals surface area contributed by atoms with Gasteiger partial charge >= 0.3 is 0 Å². The Morgan fingerprint density at radius 2 is 1.90 bits per heavy atom. The molecule has 0 radical (unpaired) electrons. The van der Waals surface area contributed by atoms with Crippen LogP contribution < -0.4 is 16.0 Å². The zero-order chi connectivity index (χ0) is 21.2. The maximum absolute atomic E-state index is 13.0. The molecule has 5 rings (SSSR count). The number of nitrogens with two attached hydrogens (primary N) is 1. The van der Waals surface area contributed by atoms with Crippen LogP contribution in [0.2, 0.25) is 0 Å². The Kier molecular flexibility index (Phi) is 4.99. The van der Waals surface area contributed by atoms with Crippen molar-refractivity contribution in [1.82, 2.24) is 19.9 Å². The highest BCUT2D eigenvalue weighted by atomic mass is 16.6. The number of piperidine rings is 1. The number of hydrogen-bond acceptors (Lipinski definition) is 7. The van der Waals surface area contributed by atoms with Crippen LogP contribution in [0.5, 0.6) is 0 Å². The Morgan fingerprint density at radius 3 is 2.71 bits per heavy atom. The normalized spacial score (nSPS) is 14.1. The minimum absolute atomic E-state index is 0.0517. The topological polar surface area (TPSA) is 115 Å². The van der Waals surface area contributed by atoms with Crippen molar-refractivity contribution in [3.63, 3.8) is 0 Å². The van der Waals surface area contributed by atoms with Gasteiger partial charge in [0.05, 0.1) is 11.0 Å². The Morgan fingerprint density at radius 1 is 1.06 bits per heavy atom. The van der Waals surface area contributed by atoms with Gasteiger partial charge in [-0.25, -0.2) is 9.61 Å². The first-order valence-electron chi connectivity index (χ1n) is 10.4. The monoisotopic (exact) mass is 417 g/mol. The lowest BCUT2D eigenvalue weighted by Crippen LogP contribution is -2.29. The number of carbonyl (C=O) groups is 1. The highest BCUT2D eigenvalue weighted by molar-refractivity contribution is 5.93. The van der Waals surface area contributed by atoms with E-state index in [-0.39, 0.29) is 18.3 Å². The summed E-state index contributed by atoms with van der Waals surface area (Å²) in [4.78, 5) is 19.9. The van der Waals surface area contributed by atoms with Gasteiger partial charge in [-0.1, -0.05) is 18.2 Å². The Bertz CT molecular complexity index is 1220. The molecule has 31 heavy (non-hydrogen) atoms. The lowest BCUT2D eigenvalue weighted by Gasteiger charge is -2.29. The molecular weight excluding hydrogens is 394 g/mol. The molecule has 1 aliphatic rings. The number of amides is 1. The molecular formula is C22H23N7O2. The number of aromatic nitrogens is 4. The molecule has 2 aromatic carbocycles. The second-order valence-corrected chi connectivity index (χ2v) is 7.65. The molecule has 0 unspecified atom stereocenters. The van der Waals surface area contributed by atoms with Crippen molar-refractivity contribution in [2.24, 2.45) is 0 Å². The second-order valence-electron chi connectivity index (χ2n) is 7.65. The van der Waals surface area contributed by atoms with Crippen LogP contribution in [0.4, 0.5) is 17.2 Å². The number of anilines is 3. The standard InChI is InChI=1S/C22H23N7O2/c23-21-20(26-31-27-21)22-25-17-9-2-3-10-18(17)29(22)14-19(30)24-15-7-6-8-16(13-15)28-11-4-1-5-12-28/h2-3,6-10,13H,1,4-5,11-12,14H2,(H2,23,27)(H,24,30). The summed E-state index contributed by atoms with van der Waals surface area (Å²) in [7, 11) is 0. The summed E-state index contributed by atoms with van der Waals surface area (Å²) in [5.41, 5.74) is 9.63. The van der Waals surface area contributed by atoms with Crippen LogP contribution in [-0.2, 0) is 11.3 Å².